The lowest BCUT2D eigenvalue weighted by Gasteiger charge is -2.29. The van der Waals surface area contributed by atoms with Crippen LogP contribution in [-0.4, -0.2) is 31.0 Å². The lowest BCUT2D eigenvalue weighted by Crippen LogP contribution is -2.31. The van der Waals surface area contributed by atoms with Crippen molar-refractivity contribution in [3.8, 4) is 23.0 Å². The van der Waals surface area contributed by atoms with Crippen LogP contribution in [0.5, 0.6) is 23.0 Å². The Morgan fingerprint density at radius 2 is 1.43 bits per heavy atom. The number of hydrogen-bond donors (Lipinski definition) is 3. The molecule has 5 nitrogen and oxygen atoms in total. The molecule has 0 amide bonds. The second-order valence-corrected chi connectivity index (χ2v) is 7.84. The van der Waals surface area contributed by atoms with Gasteiger partial charge in [-0.15, -0.1) is 0 Å². The Kier molecular flexibility index (Phi) is 7.58. The molecule has 2 atom stereocenters. The lowest BCUT2D eigenvalue weighted by molar-refractivity contribution is 0.348. The Bertz CT molecular complexity index is 773. The molecule has 154 valence electrons. The molecule has 28 heavy (non-hydrogen) atoms. The highest BCUT2D eigenvalue weighted by molar-refractivity contribution is 5.44. The standard InChI is InChI=1S/C23H33NO4/c1-14(2)18(16-7-9-19(25)20(26)11-16)13-24-23(15(3)4)17-8-10-21(27-5)22(12-17)28-6/h7-12,14-15,18,23-26H,13H2,1-6H3. The zero-order valence-electron chi connectivity index (χ0n) is 17.7. The molecular weight excluding hydrogens is 354 g/mol. The molecule has 0 aliphatic heterocycles. The number of ether oxygens (including phenoxy) is 2. The molecule has 2 unspecified atom stereocenters. The van der Waals surface area contributed by atoms with E-state index in [0.717, 1.165) is 23.4 Å². The molecule has 3 N–H and O–H groups in total. The summed E-state index contributed by atoms with van der Waals surface area (Å²) >= 11 is 0. The van der Waals surface area contributed by atoms with E-state index in [1.54, 1.807) is 26.4 Å². The molecule has 0 saturated carbocycles. The second kappa shape index (κ2) is 9.69. The van der Waals surface area contributed by atoms with Crippen LogP contribution < -0.4 is 14.8 Å². The molecule has 0 spiro atoms. The lowest BCUT2D eigenvalue weighted by atomic mass is 9.87. The second-order valence-electron chi connectivity index (χ2n) is 7.84. The van der Waals surface area contributed by atoms with Gasteiger partial charge in [-0.05, 0) is 53.1 Å². The summed E-state index contributed by atoms with van der Waals surface area (Å²) in [6.07, 6.45) is 0. The van der Waals surface area contributed by atoms with Crippen molar-refractivity contribution in [2.45, 2.75) is 39.7 Å². The maximum Gasteiger partial charge on any atom is 0.161 e. The molecule has 0 saturated heterocycles. The predicted octanol–water partition coefficient (Wildman–Crippen LogP) is 4.84. The number of phenolic OH excluding ortho intramolecular Hbond substituents is 2. The first-order valence-electron chi connectivity index (χ1n) is 9.75. The van der Waals surface area contributed by atoms with Gasteiger partial charge < -0.3 is 25.0 Å². The third kappa shape index (κ3) is 5.10. The molecule has 2 aromatic carbocycles. The predicted molar refractivity (Wildman–Crippen MR) is 112 cm³/mol. The molecule has 0 bridgehead atoms. The summed E-state index contributed by atoms with van der Waals surface area (Å²) < 4.78 is 10.8. The summed E-state index contributed by atoms with van der Waals surface area (Å²) in [5.41, 5.74) is 2.15. The zero-order chi connectivity index (χ0) is 20.8. The van der Waals surface area contributed by atoms with E-state index >= 15 is 0 Å². The van der Waals surface area contributed by atoms with Crippen molar-refractivity contribution in [1.29, 1.82) is 0 Å². The van der Waals surface area contributed by atoms with Crippen molar-refractivity contribution in [3.05, 3.63) is 47.5 Å². The van der Waals surface area contributed by atoms with Gasteiger partial charge in [0.15, 0.2) is 23.0 Å². The molecule has 2 aromatic rings. The van der Waals surface area contributed by atoms with Crippen LogP contribution in [0.25, 0.3) is 0 Å². The van der Waals surface area contributed by atoms with Crippen LogP contribution in [-0.2, 0) is 0 Å². The Balaban J connectivity index is 2.24. The van der Waals surface area contributed by atoms with E-state index in [-0.39, 0.29) is 23.5 Å². The normalized spacial score (nSPS) is 13.6. The summed E-state index contributed by atoms with van der Waals surface area (Å²) in [5.74, 6) is 2.21. The Morgan fingerprint density at radius 3 is 1.96 bits per heavy atom. The fraction of sp³-hybridized carbons (Fsp3) is 0.478. The number of nitrogens with one attached hydrogen (secondary N) is 1. The number of rotatable bonds is 9. The first-order valence-corrected chi connectivity index (χ1v) is 9.75. The van der Waals surface area contributed by atoms with Crippen molar-refractivity contribution in [2.75, 3.05) is 20.8 Å². The average Bonchev–Trinajstić information content (AvgIpc) is 2.66. The van der Waals surface area contributed by atoms with Gasteiger partial charge in [-0.25, -0.2) is 0 Å². The SMILES string of the molecule is COc1ccc(C(NCC(c2ccc(O)c(O)c2)C(C)C)C(C)C)cc1OC. The zero-order valence-corrected chi connectivity index (χ0v) is 17.7. The van der Waals surface area contributed by atoms with Crippen molar-refractivity contribution in [1.82, 2.24) is 5.32 Å². The largest absolute Gasteiger partial charge is 0.504 e. The van der Waals surface area contributed by atoms with Gasteiger partial charge in [-0.2, -0.15) is 0 Å². The topological polar surface area (TPSA) is 71.0 Å². The fourth-order valence-electron chi connectivity index (χ4n) is 3.55. The molecular formula is C23H33NO4. The summed E-state index contributed by atoms with van der Waals surface area (Å²) in [6.45, 7) is 9.45. The number of hydrogen-bond acceptors (Lipinski definition) is 5. The average molecular weight is 388 g/mol. The Hall–Kier alpha value is -2.40. The van der Waals surface area contributed by atoms with Crippen LogP contribution in [0.3, 0.4) is 0 Å². The summed E-state index contributed by atoms with van der Waals surface area (Å²) in [4.78, 5) is 0. The van der Waals surface area contributed by atoms with E-state index in [4.69, 9.17) is 9.47 Å². The van der Waals surface area contributed by atoms with E-state index in [0.29, 0.717) is 17.6 Å². The number of aromatic hydroxyl groups is 2. The van der Waals surface area contributed by atoms with Crippen molar-refractivity contribution in [3.63, 3.8) is 0 Å². The van der Waals surface area contributed by atoms with Crippen LogP contribution in [0.15, 0.2) is 36.4 Å². The molecule has 0 aliphatic rings. The molecule has 0 radical (unpaired) electrons. The minimum absolute atomic E-state index is 0.0801. The van der Waals surface area contributed by atoms with E-state index in [2.05, 4.69) is 39.1 Å². The molecule has 5 heteroatoms. The first kappa shape index (κ1) is 21.9. The van der Waals surface area contributed by atoms with Gasteiger partial charge in [-0.1, -0.05) is 39.8 Å². The summed E-state index contributed by atoms with van der Waals surface area (Å²) in [7, 11) is 3.28. The highest BCUT2D eigenvalue weighted by atomic mass is 16.5. The van der Waals surface area contributed by atoms with E-state index in [9.17, 15) is 10.2 Å². The molecule has 0 aliphatic carbocycles. The number of benzene rings is 2. The number of methoxy groups -OCH3 is 2. The first-order chi connectivity index (χ1) is 13.3. The fourth-order valence-corrected chi connectivity index (χ4v) is 3.55. The monoisotopic (exact) mass is 387 g/mol. The molecule has 0 aromatic heterocycles. The van der Waals surface area contributed by atoms with Crippen LogP contribution in [0.4, 0.5) is 0 Å². The molecule has 2 rings (SSSR count). The van der Waals surface area contributed by atoms with Crippen LogP contribution in [0.2, 0.25) is 0 Å². The highest BCUT2D eigenvalue weighted by Crippen LogP contribution is 2.34. The maximum atomic E-state index is 9.89. The van der Waals surface area contributed by atoms with Crippen LogP contribution >= 0.6 is 0 Å². The summed E-state index contributed by atoms with van der Waals surface area (Å²) in [6, 6.07) is 11.2. The van der Waals surface area contributed by atoms with Gasteiger partial charge in [-0.3, -0.25) is 0 Å². The van der Waals surface area contributed by atoms with Crippen LogP contribution in [0, 0.1) is 11.8 Å². The number of phenols is 2. The van der Waals surface area contributed by atoms with Crippen molar-refractivity contribution < 1.29 is 19.7 Å². The minimum atomic E-state index is -0.0930. The minimum Gasteiger partial charge on any atom is -0.504 e. The third-order valence-corrected chi connectivity index (χ3v) is 5.22. The third-order valence-electron chi connectivity index (χ3n) is 5.22. The Labute approximate surface area is 168 Å². The quantitative estimate of drug-likeness (QED) is 0.537. The van der Waals surface area contributed by atoms with Gasteiger partial charge in [0.05, 0.1) is 14.2 Å². The van der Waals surface area contributed by atoms with Crippen molar-refractivity contribution in [2.24, 2.45) is 11.8 Å². The molecule has 0 heterocycles. The van der Waals surface area contributed by atoms with Gasteiger partial charge >= 0.3 is 0 Å². The van der Waals surface area contributed by atoms with Gasteiger partial charge in [0.2, 0.25) is 0 Å². The Morgan fingerprint density at radius 1 is 0.786 bits per heavy atom. The van der Waals surface area contributed by atoms with Gasteiger partial charge in [0.1, 0.15) is 0 Å². The van der Waals surface area contributed by atoms with Gasteiger partial charge in [0.25, 0.3) is 0 Å². The smallest absolute Gasteiger partial charge is 0.161 e. The molecule has 0 fully saturated rings. The highest BCUT2D eigenvalue weighted by Gasteiger charge is 2.22. The summed E-state index contributed by atoms with van der Waals surface area (Å²) in [5, 5.41) is 23.2. The van der Waals surface area contributed by atoms with Crippen molar-refractivity contribution >= 4 is 0 Å². The van der Waals surface area contributed by atoms with Gasteiger partial charge in [0, 0.05) is 12.6 Å². The maximum absolute atomic E-state index is 9.89. The van der Waals surface area contributed by atoms with E-state index in [1.165, 1.54) is 0 Å². The van der Waals surface area contributed by atoms with Crippen LogP contribution in [0.1, 0.15) is 50.8 Å². The van der Waals surface area contributed by atoms with E-state index in [1.807, 2.05) is 18.2 Å². The van der Waals surface area contributed by atoms with E-state index < -0.39 is 0 Å².